The molecular formula is C11H14ClFN2. The van der Waals surface area contributed by atoms with E-state index >= 15 is 0 Å². The Hall–Kier alpha value is -0.800. The van der Waals surface area contributed by atoms with Crippen LogP contribution in [-0.2, 0) is 0 Å². The van der Waals surface area contributed by atoms with Crippen molar-refractivity contribution < 1.29 is 4.39 Å². The van der Waals surface area contributed by atoms with Crippen LogP contribution < -0.4 is 10.6 Å². The molecule has 0 radical (unpaired) electrons. The lowest BCUT2D eigenvalue weighted by atomic mass is 10.2. The molecule has 1 unspecified atom stereocenters. The molecule has 2 N–H and O–H groups in total. The van der Waals surface area contributed by atoms with E-state index in [1.54, 1.807) is 6.07 Å². The Bertz CT molecular complexity index is 317. The van der Waals surface area contributed by atoms with E-state index in [4.69, 9.17) is 11.6 Å². The summed E-state index contributed by atoms with van der Waals surface area (Å²) in [6.45, 7) is 1.90. The number of halogens is 2. The summed E-state index contributed by atoms with van der Waals surface area (Å²) < 4.78 is 13.0. The zero-order valence-electron chi connectivity index (χ0n) is 8.39. The summed E-state index contributed by atoms with van der Waals surface area (Å²) >= 11 is 5.75. The third-order valence-electron chi connectivity index (χ3n) is 2.58. The van der Waals surface area contributed by atoms with Crippen LogP contribution in [0.25, 0.3) is 0 Å². The van der Waals surface area contributed by atoms with Crippen molar-refractivity contribution in [1.82, 2.24) is 5.32 Å². The number of hydrogen-bond donors (Lipinski definition) is 2. The molecule has 1 aliphatic rings. The molecule has 2 rings (SSSR count). The fourth-order valence-electron chi connectivity index (χ4n) is 1.83. The molecule has 82 valence electrons. The summed E-state index contributed by atoms with van der Waals surface area (Å²) in [7, 11) is 0. The van der Waals surface area contributed by atoms with Gasteiger partial charge in [0, 0.05) is 23.3 Å². The summed E-state index contributed by atoms with van der Waals surface area (Å²) in [4.78, 5) is 0. The van der Waals surface area contributed by atoms with E-state index in [0.717, 1.165) is 18.8 Å². The van der Waals surface area contributed by atoms with Crippen molar-refractivity contribution in [1.29, 1.82) is 0 Å². The van der Waals surface area contributed by atoms with E-state index < -0.39 is 0 Å². The predicted molar refractivity (Wildman–Crippen MR) is 60.9 cm³/mol. The fourth-order valence-corrected chi connectivity index (χ4v) is 2.05. The molecule has 2 nitrogen and oxygen atoms in total. The van der Waals surface area contributed by atoms with Gasteiger partial charge in [-0.2, -0.15) is 0 Å². The standard InChI is InChI=1S/C11H14ClFN2/c12-8-4-9(13)6-11(5-8)15-7-10-2-1-3-14-10/h4-6,10,14-15H,1-3,7H2. The molecule has 0 aromatic heterocycles. The lowest BCUT2D eigenvalue weighted by molar-refractivity contribution is 0.623. The maximum atomic E-state index is 13.0. The van der Waals surface area contributed by atoms with Gasteiger partial charge in [-0.15, -0.1) is 0 Å². The first-order valence-electron chi connectivity index (χ1n) is 5.17. The van der Waals surface area contributed by atoms with Gasteiger partial charge in [0.15, 0.2) is 0 Å². The van der Waals surface area contributed by atoms with Crippen LogP contribution in [0.15, 0.2) is 18.2 Å². The first kappa shape index (κ1) is 10.7. The second-order valence-electron chi connectivity index (χ2n) is 3.83. The van der Waals surface area contributed by atoms with Crippen molar-refractivity contribution in [3.05, 3.63) is 29.0 Å². The maximum Gasteiger partial charge on any atom is 0.126 e. The van der Waals surface area contributed by atoms with Gasteiger partial charge in [-0.25, -0.2) is 4.39 Å². The van der Waals surface area contributed by atoms with Crippen molar-refractivity contribution >= 4 is 17.3 Å². The monoisotopic (exact) mass is 228 g/mol. The van der Waals surface area contributed by atoms with Crippen molar-refractivity contribution in [2.75, 3.05) is 18.4 Å². The minimum atomic E-state index is -0.301. The van der Waals surface area contributed by atoms with Crippen LogP contribution in [0, 0.1) is 5.82 Å². The highest BCUT2D eigenvalue weighted by Crippen LogP contribution is 2.18. The smallest absolute Gasteiger partial charge is 0.126 e. The highest BCUT2D eigenvalue weighted by Gasteiger charge is 2.13. The van der Waals surface area contributed by atoms with E-state index in [9.17, 15) is 4.39 Å². The number of rotatable bonds is 3. The van der Waals surface area contributed by atoms with Gasteiger partial charge < -0.3 is 10.6 Å². The van der Waals surface area contributed by atoms with Crippen molar-refractivity contribution in [3.63, 3.8) is 0 Å². The molecule has 1 aliphatic heterocycles. The Labute approximate surface area is 93.8 Å². The third-order valence-corrected chi connectivity index (χ3v) is 2.80. The Morgan fingerprint density at radius 2 is 2.33 bits per heavy atom. The SMILES string of the molecule is Fc1cc(Cl)cc(NCC2CCCN2)c1. The Kier molecular flexibility index (Phi) is 3.44. The van der Waals surface area contributed by atoms with Gasteiger partial charge in [0.25, 0.3) is 0 Å². The molecule has 1 atom stereocenters. The second-order valence-corrected chi connectivity index (χ2v) is 4.27. The topological polar surface area (TPSA) is 24.1 Å². The Morgan fingerprint density at radius 1 is 1.47 bits per heavy atom. The largest absolute Gasteiger partial charge is 0.383 e. The molecular weight excluding hydrogens is 215 g/mol. The van der Waals surface area contributed by atoms with Gasteiger partial charge in [-0.3, -0.25) is 0 Å². The van der Waals surface area contributed by atoms with E-state index in [1.807, 2.05) is 0 Å². The summed E-state index contributed by atoms with van der Waals surface area (Å²) in [5.41, 5.74) is 0.744. The number of benzene rings is 1. The van der Waals surface area contributed by atoms with Gasteiger partial charge in [-0.05, 0) is 37.6 Å². The summed E-state index contributed by atoms with van der Waals surface area (Å²) in [5, 5.41) is 6.98. The number of nitrogens with one attached hydrogen (secondary N) is 2. The molecule has 1 fully saturated rings. The average Bonchev–Trinajstić information content (AvgIpc) is 2.65. The first-order valence-corrected chi connectivity index (χ1v) is 5.55. The molecule has 0 saturated carbocycles. The molecule has 0 aliphatic carbocycles. The van der Waals surface area contributed by atoms with Gasteiger partial charge >= 0.3 is 0 Å². The van der Waals surface area contributed by atoms with Crippen LogP contribution in [0.2, 0.25) is 5.02 Å². The van der Waals surface area contributed by atoms with E-state index in [2.05, 4.69) is 10.6 Å². The Morgan fingerprint density at radius 3 is 3.00 bits per heavy atom. The van der Waals surface area contributed by atoms with E-state index in [-0.39, 0.29) is 5.82 Å². The third kappa shape index (κ3) is 3.08. The summed E-state index contributed by atoms with van der Waals surface area (Å²) in [6.07, 6.45) is 2.40. The molecule has 4 heteroatoms. The molecule has 1 aromatic rings. The van der Waals surface area contributed by atoms with Crippen LogP contribution in [0.3, 0.4) is 0 Å². The molecule has 15 heavy (non-hydrogen) atoms. The summed E-state index contributed by atoms with van der Waals surface area (Å²) in [6, 6.07) is 4.99. The zero-order valence-corrected chi connectivity index (χ0v) is 9.15. The molecule has 0 amide bonds. The van der Waals surface area contributed by atoms with E-state index in [0.29, 0.717) is 11.1 Å². The molecule has 0 bridgehead atoms. The van der Waals surface area contributed by atoms with Crippen LogP contribution in [-0.4, -0.2) is 19.1 Å². The fraction of sp³-hybridized carbons (Fsp3) is 0.455. The minimum absolute atomic E-state index is 0.301. The van der Waals surface area contributed by atoms with Crippen LogP contribution in [0.4, 0.5) is 10.1 Å². The molecule has 1 heterocycles. The van der Waals surface area contributed by atoms with Crippen LogP contribution >= 0.6 is 11.6 Å². The molecule has 0 spiro atoms. The number of anilines is 1. The van der Waals surface area contributed by atoms with Crippen LogP contribution in [0.1, 0.15) is 12.8 Å². The maximum absolute atomic E-state index is 13.0. The minimum Gasteiger partial charge on any atom is -0.383 e. The summed E-state index contributed by atoms with van der Waals surface area (Å²) in [5.74, 6) is -0.301. The molecule has 1 aromatic carbocycles. The van der Waals surface area contributed by atoms with Crippen LogP contribution in [0.5, 0.6) is 0 Å². The van der Waals surface area contributed by atoms with Crippen molar-refractivity contribution in [2.45, 2.75) is 18.9 Å². The predicted octanol–water partition coefficient (Wildman–Crippen LogP) is 2.64. The van der Waals surface area contributed by atoms with Crippen molar-refractivity contribution in [2.24, 2.45) is 0 Å². The van der Waals surface area contributed by atoms with Gasteiger partial charge in [-0.1, -0.05) is 11.6 Å². The molecule has 1 saturated heterocycles. The van der Waals surface area contributed by atoms with E-state index in [1.165, 1.54) is 25.0 Å². The average molecular weight is 229 g/mol. The van der Waals surface area contributed by atoms with Crippen molar-refractivity contribution in [3.8, 4) is 0 Å². The quantitative estimate of drug-likeness (QED) is 0.831. The highest BCUT2D eigenvalue weighted by atomic mass is 35.5. The number of hydrogen-bond acceptors (Lipinski definition) is 2. The Balaban J connectivity index is 1.92. The highest BCUT2D eigenvalue weighted by molar-refractivity contribution is 6.30. The first-order chi connectivity index (χ1) is 7.24. The zero-order chi connectivity index (χ0) is 10.7. The normalized spacial score (nSPS) is 20.5. The lowest BCUT2D eigenvalue weighted by Gasteiger charge is -2.12. The van der Waals surface area contributed by atoms with Gasteiger partial charge in [0.1, 0.15) is 5.82 Å². The second kappa shape index (κ2) is 4.81. The van der Waals surface area contributed by atoms with Gasteiger partial charge in [0.2, 0.25) is 0 Å². The lowest BCUT2D eigenvalue weighted by Crippen LogP contribution is -2.29. The van der Waals surface area contributed by atoms with Gasteiger partial charge in [0.05, 0.1) is 0 Å².